The number of ether oxygens (including phenoxy) is 1. The van der Waals surface area contributed by atoms with E-state index in [2.05, 4.69) is 10.6 Å². The summed E-state index contributed by atoms with van der Waals surface area (Å²) in [5, 5.41) is 14.8. The first-order valence-electron chi connectivity index (χ1n) is 10.9. The Bertz CT molecular complexity index is 1600. The standard InChI is InChI=1S/C27H20N2O6S/c30-19-9-11-20(12-10-19)35-21-5-3-4-17(14-21)16-28-26(31)18-8-13-25-23(15-18)29-27(32)22-6-1-2-7-24(22)36(25,33)34/h1-15,30H,16H2,(H,28,31)(H,29,32). The molecule has 5 rings (SSSR count). The maximum atomic E-state index is 13.1. The number of benzene rings is 4. The third kappa shape index (κ3) is 4.51. The first-order valence-corrected chi connectivity index (χ1v) is 12.4. The molecule has 0 atom stereocenters. The summed E-state index contributed by atoms with van der Waals surface area (Å²) in [5.41, 5.74) is 1.08. The number of hydrogen-bond donors (Lipinski definition) is 3. The number of aromatic hydroxyl groups is 1. The van der Waals surface area contributed by atoms with E-state index in [1.807, 2.05) is 6.07 Å². The van der Waals surface area contributed by atoms with Gasteiger partial charge in [0.15, 0.2) is 0 Å². The average Bonchev–Trinajstić information content (AvgIpc) is 2.96. The van der Waals surface area contributed by atoms with E-state index >= 15 is 0 Å². The first kappa shape index (κ1) is 23.1. The van der Waals surface area contributed by atoms with E-state index in [9.17, 15) is 23.1 Å². The van der Waals surface area contributed by atoms with Crippen LogP contribution in [0.5, 0.6) is 17.2 Å². The Balaban J connectivity index is 1.32. The Morgan fingerprint density at radius 2 is 1.64 bits per heavy atom. The van der Waals surface area contributed by atoms with Crippen LogP contribution in [0.4, 0.5) is 5.69 Å². The highest BCUT2D eigenvalue weighted by molar-refractivity contribution is 7.91. The third-order valence-corrected chi connectivity index (χ3v) is 7.49. The van der Waals surface area contributed by atoms with E-state index in [0.717, 1.165) is 5.56 Å². The Kier molecular flexibility index (Phi) is 5.91. The summed E-state index contributed by atoms with van der Waals surface area (Å²) in [7, 11) is -3.94. The molecule has 0 aliphatic carbocycles. The lowest BCUT2D eigenvalue weighted by Gasteiger charge is -2.11. The van der Waals surface area contributed by atoms with E-state index in [1.165, 1.54) is 42.5 Å². The number of fused-ring (bicyclic) bond motifs is 2. The molecule has 1 aliphatic rings. The van der Waals surface area contributed by atoms with E-state index in [0.29, 0.717) is 11.5 Å². The number of amides is 2. The predicted octanol–water partition coefficient (Wildman–Crippen LogP) is 4.51. The van der Waals surface area contributed by atoms with Crippen molar-refractivity contribution in [1.82, 2.24) is 5.32 Å². The van der Waals surface area contributed by atoms with Crippen molar-refractivity contribution in [2.45, 2.75) is 16.3 Å². The van der Waals surface area contributed by atoms with Gasteiger partial charge in [0, 0.05) is 12.1 Å². The summed E-state index contributed by atoms with van der Waals surface area (Å²) in [6.45, 7) is 0.193. The molecular formula is C27H20N2O6S. The highest BCUT2D eigenvalue weighted by Gasteiger charge is 2.31. The van der Waals surface area contributed by atoms with Gasteiger partial charge in [-0.25, -0.2) is 8.42 Å². The largest absolute Gasteiger partial charge is 0.508 e. The van der Waals surface area contributed by atoms with Crippen LogP contribution in [0.1, 0.15) is 26.3 Å². The molecule has 0 fully saturated rings. The molecule has 2 amide bonds. The summed E-state index contributed by atoms with van der Waals surface area (Å²) < 4.78 is 32.0. The summed E-state index contributed by atoms with van der Waals surface area (Å²) in [6.07, 6.45) is 0. The zero-order valence-electron chi connectivity index (χ0n) is 18.8. The molecule has 1 heterocycles. The van der Waals surface area contributed by atoms with E-state index < -0.39 is 21.7 Å². The molecule has 0 aromatic heterocycles. The minimum atomic E-state index is -3.94. The number of carbonyl (C=O) groups excluding carboxylic acids is 2. The Hall–Kier alpha value is -4.63. The van der Waals surface area contributed by atoms with E-state index in [4.69, 9.17) is 4.74 Å². The molecule has 0 radical (unpaired) electrons. The van der Waals surface area contributed by atoms with Gasteiger partial charge >= 0.3 is 0 Å². The van der Waals surface area contributed by atoms with Gasteiger partial charge in [0.2, 0.25) is 9.84 Å². The zero-order valence-corrected chi connectivity index (χ0v) is 19.6. The van der Waals surface area contributed by atoms with E-state index in [-0.39, 0.29) is 38.9 Å². The summed E-state index contributed by atoms with van der Waals surface area (Å²) >= 11 is 0. The summed E-state index contributed by atoms with van der Waals surface area (Å²) in [4.78, 5) is 25.3. The van der Waals surface area contributed by atoms with Crippen molar-refractivity contribution in [3.63, 3.8) is 0 Å². The van der Waals surface area contributed by atoms with Crippen LogP contribution in [0.3, 0.4) is 0 Å². The number of sulfone groups is 1. The van der Waals surface area contributed by atoms with E-state index in [1.54, 1.807) is 42.5 Å². The summed E-state index contributed by atoms with van der Waals surface area (Å²) in [6, 6.07) is 23.6. The van der Waals surface area contributed by atoms with Gasteiger partial charge in [0.1, 0.15) is 17.2 Å². The Morgan fingerprint density at radius 3 is 2.44 bits per heavy atom. The van der Waals surface area contributed by atoms with Crippen molar-refractivity contribution in [2.24, 2.45) is 0 Å². The monoisotopic (exact) mass is 500 g/mol. The van der Waals surface area contributed by atoms with Crippen molar-refractivity contribution < 1.29 is 27.9 Å². The highest BCUT2D eigenvalue weighted by atomic mass is 32.2. The maximum Gasteiger partial charge on any atom is 0.257 e. The second kappa shape index (κ2) is 9.20. The predicted molar refractivity (Wildman–Crippen MR) is 132 cm³/mol. The molecule has 0 saturated carbocycles. The van der Waals surface area contributed by atoms with Crippen LogP contribution in [-0.2, 0) is 16.4 Å². The minimum absolute atomic E-state index is 0.0492. The molecule has 0 saturated heterocycles. The number of anilines is 1. The second-order valence-corrected chi connectivity index (χ2v) is 9.98. The lowest BCUT2D eigenvalue weighted by molar-refractivity contribution is 0.0949. The lowest BCUT2D eigenvalue weighted by Crippen LogP contribution is -2.23. The van der Waals surface area contributed by atoms with Crippen molar-refractivity contribution in [3.8, 4) is 17.2 Å². The number of hydrogen-bond acceptors (Lipinski definition) is 6. The molecule has 9 heteroatoms. The van der Waals surface area contributed by atoms with Crippen LogP contribution in [0.25, 0.3) is 0 Å². The highest BCUT2D eigenvalue weighted by Crippen LogP contribution is 2.34. The maximum absolute atomic E-state index is 13.1. The number of rotatable bonds is 5. The molecule has 0 spiro atoms. The second-order valence-electron chi connectivity index (χ2n) is 8.09. The van der Waals surface area contributed by atoms with Crippen molar-refractivity contribution in [3.05, 3.63) is 108 Å². The van der Waals surface area contributed by atoms with Gasteiger partial charge in [-0.15, -0.1) is 0 Å². The molecule has 8 nitrogen and oxygen atoms in total. The van der Waals surface area contributed by atoms with Crippen LogP contribution in [0, 0.1) is 0 Å². The molecule has 1 aliphatic heterocycles. The Labute approximate surface area is 207 Å². The van der Waals surface area contributed by atoms with Crippen LogP contribution < -0.4 is 15.4 Å². The number of phenols is 1. The topological polar surface area (TPSA) is 122 Å². The molecular weight excluding hydrogens is 480 g/mol. The van der Waals surface area contributed by atoms with Gasteiger partial charge in [-0.3, -0.25) is 9.59 Å². The minimum Gasteiger partial charge on any atom is -0.508 e. The molecule has 3 N–H and O–H groups in total. The average molecular weight is 501 g/mol. The molecule has 36 heavy (non-hydrogen) atoms. The summed E-state index contributed by atoms with van der Waals surface area (Å²) in [5.74, 6) is 0.258. The van der Waals surface area contributed by atoms with Crippen molar-refractivity contribution in [1.29, 1.82) is 0 Å². The fourth-order valence-corrected chi connectivity index (χ4v) is 5.45. The lowest BCUT2D eigenvalue weighted by atomic mass is 10.1. The molecule has 0 bridgehead atoms. The van der Waals surface area contributed by atoms with Gasteiger partial charge in [-0.05, 0) is 72.3 Å². The fourth-order valence-electron chi connectivity index (χ4n) is 3.85. The van der Waals surface area contributed by atoms with Crippen LogP contribution in [-0.4, -0.2) is 25.3 Å². The number of phenolic OH excluding ortho intramolecular Hbond substituents is 1. The quantitative estimate of drug-likeness (QED) is 0.371. The first-order chi connectivity index (χ1) is 17.3. The normalized spacial score (nSPS) is 13.5. The number of carbonyl (C=O) groups is 2. The fraction of sp³-hybridized carbons (Fsp3) is 0.0370. The molecule has 0 unspecified atom stereocenters. The van der Waals surface area contributed by atoms with Crippen molar-refractivity contribution >= 4 is 27.3 Å². The number of nitrogens with one attached hydrogen (secondary N) is 2. The molecule has 4 aromatic rings. The van der Waals surface area contributed by atoms with Gasteiger partial charge < -0.3 is 20.5 Å². The molecule has 180 valence electrons. The smallest absolute Gasteiger partial charge is 0.257 e. The van der Waals surface area contributed by atoms with Gasteiger partial charge in [-0.2, -0.15) is 0 Å². The van der Waals surface area contributed by atoms with Crippen LogP contribution in [0.2, 0.25) is 0 Å². The molecule has 4 aromatic carbocycles. The van der Waals surface area contributed by atoms with Gasteiger partial charge in [0.05, 0.1) is 21.0 Å². The Morgan fingerprint density at radius 1 is 0.861 bits per heavy atom. The van der Waals surface area contributed by atoms with Gasteiger partial charge in [-0.1, -0.05) is 24.3 Å². The SMILES string of the molecule is O=C(NCc1cccc(Oc2ccc(O)cc2)c1)c1ccc2c(c1)NC(=O)c1ccccc1S2(=O)=O. The van der Waals surface area contributed by atoms with Gasteiger partial charge in [0.25, 0.3) is 11.8 Å². The zero-order chi connectivity index (χ0) is 25.3. The van der Waals surface area contributed by atoms with Crippen molar-refractivity contribution in [2.75, 3.05) is 5.32 Å². The van der Waals surface area contributed by atoms with Crippen LogP contribution in [0.15, 0.2) is 101 Å². The third-order valence-electron chi connectivity index (χ3n) is 5.62. The van der Waals surface area contributed by atoms with Crippen LogP contribution >= 0.6 is 0 Å².